The Morgan fingerprint density at radius 3 is 2.82 bits per heavy atom. The minimum Gasteiger partial charge on any atom is -0.377 e. The molecule has 0 aromatic rings. The minimum absolute atomic E-state index is 0.205. The average Bonchev–Trinajstić information content (AvgIpc) is 2.69. The van der Waals surface area contributed by atoms with Crippen molar-refractivity contribution >= 4 is 18.5 Å². The van der Waals surface area contributed by atoms with Crippen molar-refractivity contribution in [2.75, 3.05) is 45.3 Å². The Morgan fingerprint density at radius 2 is 2.18 bits per heavy atom. The first-order chi connectivity index (χ1) is 8.27. The lowest BCUT2D eigenvalue weighted by molar-refractivity contribution is -0.128. The Balaban J connectivity index is 2.00. The quantitative estimate of drug-likeness (QED) is 0.389. The van der Waals surface area contributed by atoms with Gasteiger partial charge in [-0.3, -0.25) is 4.79 Å². The van der Waals surface area contributed by atoms with Crippen molar-refractivity contribution in [2.45, 2.75) is 6.42 Å². The number of carbonyl (C=O) groups is 1. The number of carbonyl (C=O) groups excluding carboxylic acids is 1. The summed E-state index contributed by atoms with van der Waals surface area (Å²) < 4.78 is 10.4. The molecule has 4 nitrogen and oxygen atoms in total. The molecule has 1 heterocycles. The highest BCUT2D eigenvalue weighted by Crippen LogP contribution is 2.18. The molecular formula is C12H19NO3S. The van der Waals surface area contributed by atoms with Gasteiger partial charge in [0.05, 0.1) is 19.8 Å². The van der Waals surface area contributed by atoms with Gasteiger partial charge in [-0.1, -0.05) is 5.92 Å². The molecular weight excluding hydrogens is 238 g/mol. The molecule has 1 unspecified atom stereocenters. The number of amides is 1. The van der Waals surface area contributed by atoms with Crippen LogP contribution >= 0.6 is 12.6 Å². The van der Waals surface area contributed by atoms with Gasteiger partial charge in [-0.05, 0) is 11.7 Å². The average molecular weight is 257 g/mol. The van der Waals surface area contributed by atoms with E-state index in [9.17, 15) is 4.79 Å². The molecule has 1 rings (SSSR count). The first-order valence-electron chi connectivity index (χ1n) is 5.75. The Labute approximate surface area is 108 Å². The van der Waals surface area contributed by atoms with Gasteiger partial charge < -0.3 is 14.4 Å². The monoisotopic (exact) mass is 257 g/mol. The number of rotatable bonds is 8. The van der Waals surface area contributed by atoms with Crippen LogP contribution in [-0.2, 0) is 14.3 Å². The highest BCUT2D eigenvalue weighted by Gasteiger charge is 2.27. The minimum atomic E-state index is 0.205. The molecule has 1 fully saturated rings. The third-order valence-electron chi connectivity index (χ3n) is 2.62. The Morgan fingerprint density at radius 1 is 1.41 bits per heavy atom. The lowest BCUT2D eigenvalue weighted by Gasteiger charge is -2.16. The molecule has 0 aliphatic carbocycles. The molecule has 0 aromatic carbocycles. The fraction of sp³-hybridized carbons (Fsp3) is 0.750. The van der Waals surface area contributed by atoms with Crippen LogP contribution in [0.15, 0.2) is 0 Å². The van der Waals surface area contributed by atoms with E-state index >= 15 is 0 Å². The van der Waals surface area contributed by atoms with Crippen LogP contribution in [-0.4, -0.2) is 56.1 Å². The molecule has 1 amide bonds. The molecule has 0 radical (unpaired) electrons. The van der Waals surface area contributed by atoms with Crippen molar-refractivity contribution in [3.05, 3.63) is 0 Å². The van der Waals surface area contributed by atoms with Crippen LogP contribution in [0, 0.1) is 18.3 Å². The molecule has 0 saturated carbocycles. The maximum absolute atomic E-state index is 11.5. The summed E-state index contributed by atoms with van der Waals surface area (Å²) in [5.74, 6) is 3.75. The number of ether oxygens (including phenoxy) is 2. The summed E-state index contributed by atoms with van der Waals surface area (Å²) in [6.45, 7) is 3.33. The van der Waals surface area contributed by atoms with Crippen LogP contribution in [0.1, 0.15) is 6.42 Å². The third-order valence-corrected chi connectivity index (χ3v) is 3.13. The van der Waals surface area contributed by atoms with Gasteiger partial charge in [0.15, 0.2) is 0 Å². The number of hydrogen-bond acceptors (Lipinski definition) is 4. The van der Waals surface area contributed by atoms with E-state index in [2.05, 4.69) is 18.5 Å². The molecule has 96 valence electrons. The summed E-state index contributed by atoms with van der Waals surface area (Å²) in [4.78, 5) is 13.4. The molecule has 0 N–H and O–H groups in total. The van der Waals surface area contributed by atoms with Crippen molar-refractivity contribution in [3.63, 3.8) is 0 Å². The van der Waals surface area contributed by atoms with Gasteiger partial charge in [0.1, 0.15) is 6.61 Å². The van der Waals surface area contributed by atoms with Gasteiger partial charge in [-0.2, -0.15) is 12.6 Å². The molecule has 0 bridgehead atoms. The predicted octanol–water partition coefficient (Wildman–Crippen LogP) is 0.431. The number of nitrogens with zero attached hydrogens (tertiary/aromatic N) is 1. The van der Waals surface area contributed by atoms with E-state index in [0.29, 0.717) is 45.3 Å². The van der Waals surface area contributed by atoms with Crippen LogP contribution in [0.4, 0.5) is 0 Å². The van der Waals surface area contributed by atoms with E-state index in [1.54, 1.807) is 0 Å². The first-order valence-corrected chi connectivity index (χ1v) is 6.38. The fourth-order valence-corrected chi connectivity index (χ4v) is 1.96. The summed E-state index contributed by atoms with van der Waals surface area (Å²) in [5.41, 5.74) is 0. The lowest BCUT2D eigenvalue weighted by atomic mass is 10.1. The number of likely N-dealkylation sites (tertiary alicyclic amines) is 1. The van der Waals surface area contributed by atoms with Crippen molar-refractivity contribution < 1.29 is 14.3 Å². The number of thiol groups is 1. The van der Waals surface area contributed by atoms with Crippen LogP contribution in [0.2, 0.25) is 0 Å². The summed E-state index contributed by atoms with van der Waals surface area (Å²) >= 11 is 4.21. The molecule has 1 aliphatic rings. The van der Waals surface area contributed by atoms with E-state index in [4.69, 9.17) is 15.9 Å². The molecule has 1 atom stereocenters. The maximum Gasteiger partial charge on any atom is 0.223 e. The van der Waals surface area contributed by atoms with Crippen molar-refractivity contribution in [3.8, 4) is 12.3 Å². The highest BCUT2D eigenvalue weighted by molar-refractivity contribution is 7.80. The van der Waals surface area contributed by atoms with Gasteiger partial charge in [0.25, 0.3) is 0 Å². The smallest absolute Gasteiger partial charge is 0.223 e. The van der Waals surface area contributed by atoms with Gasteiger partial charge in [-0.15, -0.1) is 6.42 Å². The predicted molar refractivity (Wildman–Crippen MR) is 69.0 cm³/mol. The SMILES string of the molecule is C#CCOCCOCCN1CC(CS)CC1=O. The summed E-state index contributed by atoms with van der Waals surface area (Å²) in [7, 11) is 0. The second kappa shape index (κ2) is 8.40. The molecule has 1 saturated heterocycles. The van der Waals surface area contributed by atoms with Gasteiger partial charge in [0, 0.05) is 19.5 Å². The molecule has 1 aliphatic heterocycles. The normalized spacial score (nSPS) is 19.6. The van der Waals surface area contributed by atoms with E-state index in [1.165, 1.54) is 0 Å². The summed E-state index contributed by atoms with van der Waals surface area (Å²) in [6, 6.07) is 0. The highest BCUT2D eigenvalue weighted by atomic mass is 32.1. The van der Waals surface area contributed by atoms with E-state index in [0.717, 1.165) is 12.3 Å². The maximum atomic E-state index is 11.5. The van der Waals surface area contributed by atoms with E-state index < -0.39 is 0 Å². The van der Waals surface area contributed by atoms with Crippen LogP contribution in [0.25, 0.3) is 0 Å². The van der Waals surface area contributed by atoms with Gasteiger partial charge in [-0.25, -0.2) is 0 Å². The van der Waals surface area contributed by atoms with Crippen molar-refractivity contribution in [2.24, 2.45) is 5.92 Å². The van der Waals surface area contributed by atoms with Gasteiger partial charge in [0.2, 0.25) is 5.91 Å². The number of terminal acetylenes is 1. The second-order valence-electron chi connectivity index (χ2n) is 3.96. The van der Waals surface area contributed by atoms with E-state index in [-0.39, 0.29) is 5.91 Å². The second-order valence-corrected chi connectivity index (χ2v) is 4.33. The van der Waals surface area contributed by atoms with Gasteiger partial charge >= 0.3 is 0 Å². The zero-order valence-electron chi connectivity index (χ0n) is 9.93. The van der Waals surface area contributed by atoms with Crippen molar-refractivity contribution in [1.82, 2.24) is 4.90 Å². The summed E-state index contributed by atoms with van der Waals surface area (Å²) in [5, 5.41) is 0. The Bertz CT molecular complexity index is 277. The van der Waals surface area contributed by atoms with Crippen LogP contribution < -0.4 is 0 Å². The van der Waals surface area contributed by atoms with Crippen LogP contribution in [0.5, 0.6) is 0 Å². The zero-order valence-corrected chi connectivity index (χ0v) is 10.8. The third kappa shape index (κ3) is 5.44. The first kappa shape index (κ1) is 14.4. The fourth-order valence-electron chi connectivity index (χ4n) is 1.72. The largest absolute Gasteiger partial charge is 0.377 e. The summed E-state index contributed by atoms with van der Waals surface area (Å²) in [6.07, 6.45) is 5.65. The molecule has 5 heteroatoms. The number of hydrogen-bond donors (Lipinski definition) is 1. The van der Waals surface area contributed by atoms with Crippen molar-refractivity contribution in [1.29, 1.82) is 0 Å². The Kier molecular flexibility index (Phi) is 7.10. The molecule has 17 heavy (non-hydrogen) atoms. The Hall–Kier alpha value is -0.700. The van der Waals surface area contributed by atoms with Crippen LogP contribution in [0.3, 0.4) is 0 Å². The molecule has 0 aromatic heterocycles. The topological polar surface area (TPSA) is 38.8 Å². The molecule has 0 spiro atoms. The standard InChI is InChI=1S/C12H19NO3S/c1-2-4-15-6-7-16-5-3-13-9-11(10-17)8-12(13)14/h1,11,17H,3-10H2. The van der Waals surface area contributed by atoms with E-state index in [1.807, 2.05) is 4.90 Å². The zero-order chi connectivity index (χ0) is 12.5. The lowest BCUT2D eigenvalue weighted by Crippen LogP contribution is -2.29.